The number of ether oxygens (including phenoxy) is 2. The summed E-state index contributed by atoms with van der Waals surface area (Å²) < 4.78 is 9.40. The zero-order valence-corrected chi connectivity index (χ0v) is 8.00. The van der Waals surface area contributed by atoms with Gasteiger partial charge in [-0.25, -0.2) is 0 Å². The Hall–Kier alpha value is -1.05. The summed E-state index contributed by atoms with van der Waals surface area (Å²) in [5, 5.41) is 0. The summed E-state index contributed by atoms with van der Waals surface area (Å²) in [4.78, 5) is 10.9. The van der Waals surface area contributed by atoms with E-state index in [1.54, 1.807) is 14.0 Å². The first-order valence-corrected chi connectivity index (χ1v) is 4.09. The molecule has 1 unspecified atom stereocenters. The van der Waals surface area contributed by atoms with Gasteiger partial charge in [-0.2, -0.15) is 0 Å². The normalized spacial score (nSPS) is 11.3. The fraction of sp³-hybridized carbons (Fsp3) is 0.667. The average Bonchev–Trinajstić information content (AvgIpc) is 2.05. The Bertz CT molecular complexity index is 205. The van der Waals surface area contributed by atoms with Crippen molar-refractivity contribution in [3.8, 4) is 11.8 Å². The first kappa shape index (κ1) is 11.9. The molecule has 4 nitrogen and oxygen atoms in total. The van der Waals surface area contributed by atoms with Crippen LogP contribution in [-0.4, -0.2) is 32.3 Å². The number of hydrogen-bond acceptors (Lipinski definition) is 4. The first-order valence-electron chi connectivity index (χ1n) is 4.09. The van der Waals surface area contributed by atoms with Crippen molar-refractivity contribution < 1.29 is 14.3 Å². The number of hydrogen-bond donors (Lipinski definition) is 1. The van der Waals surface area contributed by atoms with Crippen LogP contribution in [0.25, 0.3) is 0 Å². The van der Waals surface area contributed by atoms with Gasteiger partial charge in [-0.1, -0.05) is 11.8 Å². The van der Waals surface area contributed by atoms with Crippen molar-refractivity contribution in [1.82, 2.24) is 0 Å². The predicted molar refractivity (Wildman–Crippen MR) is 48.9 cm³/mol. The molecule has 0 spiro atoms. The molecule has 0 saturated carbocycles. The number of esters is 1. The Morgan fingerprint density at radius 3 is 2.85 bits per heavy atom. The van der Waals surface area contributed by atoms with Gasteiger partial charge in [0.15, 0.2) is 0 Å². The van der Waals surface area contributed by atoms with Crippen LogP contribution in [0.1, 0.15) is 13.3 Å². The van der Waals surface area contributed by atoms with Gasteiger partial charge >= 0.3 is 5.97 Å². The smallest absolute Gasteiger partial charge is 0.308 e. The number of carbonyl (C=O) groups excluding carboxylic acids is 1. The van der Waals surface area contributed by atoms with Gasteiger partial charge in [0.25, 0.3) is 0 Å². The van der Waals surface area contributed by atoms with Crippen LogP contribution >= 0.6 is 0 Å². The van der Waals surface area contributed by atoms with Crippen molar-refractivity contribution in [2.45, 2.75) is 19.4 Å². The summed E-state index contributed by atoms with van der Waals surface area (Å²) >= 11 is 0. The molecule has 74 valence electrons. The fourth-order valence-corrected chi connectivity index (χ4v) is 0.695. The van der Waals surface area contributed by atoms with Crippen LogP contribution in [0, 0.1) is 11.8 Å². The minimum Gasteiger partial charge on any atom is -0.466 e. The summed E-state index contributed by atoms with van der Waals surface area (Å²) in [6, 6.07) is -0.464. The topological polar surface area (TPSA) is 61.5 Å². The zero-order valence-electron chi connectivity index (χ0n) is 8.00. The lowest BCUT2D eigenvalue weighted by Gasteiger charge is -2.03. The van der Waals surface area contributed by atoms with Crippen molar-refractivity contribution in [3.05, 3.63) is 0 Å². The van der Waals surface area contributed by atoms with E-state index in [9.17, 15) is 4.79 Å². The molecule has 0 aromatic carbocycles. The van der Waals surface area contributed by atoms with Crippen molar-refractivity contribution in [2.24, 2.45) is 5.73 Å². The minimum absolute atomic E-state index is 0.130. The first-order chi connectivity index (χ1) is 6.20. The Balaban J connectivity index is 3.68. The second kappa shape index (κ2) is 7.59. The van der Waals surface area contributed by atoms with E-state index < -0.39 is 6.04 Å². The standard InChI is InChI=1S/C9H15NO3/c1-3-13-9(11)7-8(10)5-4-6-12-2/h8H,3,6-7,10H2,1-2H3. The summed E-state index contributed by atoms with van der Waals surface area (Å²) in [6.07, 6.45) is 0.130. The van der Waals surface area contributed by atoms with E-state index in [1.807, 2.05) is 0 Å². The molecule has 0 radical (unpaired) electrons. The van der Waals surface area contributed by atoms with Gasteiger partial charge in [0.2, 0.25) is 0 Å². The second-order valence-corrected chi connectivity index (χ2v) is 2.37. The number of methoxy groups -OCH3 is 1. The molecule has 0 rings (SSSR count). The van der Waals surface area contributed by atoms with Gasteiger partial charge in [-0.3, -0.25) is 4.79 Å². The number of rotatable bonds is 4. The highest BCUT2D eigenvalue weighted by atomic mass is 16.5. The molecule has 2 N–H and O–H groups in total. The SMILES string of the molecule is CCOC(=O)CC(N)C#CCOC. The van der Waals surface area contributed by atoms with Gasteiger partial charge in [-0.15, -0.1) is 0 Å². The zero-order chi connectivity index (χ0) is 10.1. The molecule has 13 heavy (non-hydrogen) atoms. The maximum absolute atomic E-state index is 10.9. The molecule has 0 fully saturated rings. The van der Waals surface area contributed by atoms with E-state index in [0.717, 1.165) is 0 Å². The molecule has 1 atom stereocenters. The van der Waals surface area contributed by atoms with Crippen LogP contribution in [-0.2, 0) is 14.3 Å². The van der Waals surface area contributed by atoms with Crippen LogP contribution in [0.15, 0.2) is 0 Å². The van der Waals surface area contributed by atoms with E-state index in [0.29, 0.717) is 13.2 Å². The van der Waals surface area contributed by atoms with Gasteiger partial charge in [0, 0.05) is 7.11 Å². The minimum atomic E-state index is -0.464. The average molecular weight is 185 g/mol. The second-order valence-electron chi connectivity index (χ2n) is 2.37. The third kappa shape index (κ3) is 7.32. The van der Waals surface area contributed by atoms with E-state index in [1.165, 1.54) is 0 Å². The van der Waals surface area contributed by atoms with Crippen molar-refractivity contribution in [2.75, 3.05) is 20.3 Å². The molecule has 0 aliphatic carbocycles. The maximum atomic E-state index is 10.9. The van der Waals surface area contributed by atoms with E-state index >= 15 is 0 Å². The molecule has 0 aromatic rings. The lowest BCUT2D eigenvalue weighted by Crippen LogP contribution is -2.23. The fourth-order valence-electron chi connectivity index (χ4n) is 0.695. The van der Waals surface area contributed by atoms with Crippen molar-refractivity contribution in [3.63, 3.8) is 0 Å². The lowest BCUT2D eigenvalue weighted by atomic mass is 10.2. The Kier molecular flexibility index (Phi) is 6.98. The van der Waals surface area contributed by atoms with Crippen LogP contribution in [0.4, 0.5) is 0 Å². The Labute approximate surface area is 78.4 Å². The van der Waals surface area contributed by atoms with Crippen LogP contribution < -0.4 is 5.73 Å². The molecule has 0 aliphatic heterocycles. The van der Waals surface area contributed by atoms with Gasteiger partial charge in [0.05, 0.1) is 19.1 Å². The number of nitrogens with two attached hydrogens (primary N) is 1. The molecule has 0 saturated heterocycles. The van der Waals surface area contributed by atoms with Crippen LogP contribution in [0.5, 0.6) is 0 Å². The molecule has 0 amide bonds. The largest absolute Gasteiger partial charge is 0.466 e. The quantitative estimate of drug-likeness (QED) is 0.491. The summed E-state index contributed by atoms with van der Waals surface area (Å²) in [6.45, 7) is 2.45. The highest BCUT2D eigenvalue weighted by molar-refractivity contribution is 5.70. The highest BCUT2D eigenvalue weighted by Gasteiger charge is 2.06. The molecule has 0 aromatic heterocycles. The monoisotopic (exact) mass is 185 g/mol. The van der Waals surface area contributed by atoms with Crippen molar-refractivity contribution in [1.29, 1.82) is 0 Å². The molecule has 4 heteroatoms. The van der Waals surface area contributed by atoms with Crippen LogP contribution in [0.2, 0.25) is 0 Å². The van der Waals surface area contributed by atoms with Gasteiger partial charge in [-0.05, 0) is 6.92 Å². The lowest BCUT2D eigenvalue weighted by molar-refractivity contribution is -0.143. The summed E-state index contributed by atoms with van der Waals surface area (Å²) in [5.41, 5.74) is 5.52. The number of carbonyl (C=O) groups is 1. The molecule has 0 heterocycles. The third-order valence-corrected chi connectivity index (χ3v) is 1.20. The molecule has 0 aliphatic rings. The summed E-state index contributed by atoms with van der Waals surface area (Å²) in [5.74, 6) is 5.03. The van der Waals surface area contributed by atoms with Gasteiger partial charge < -0.3 is 15.2 Å². The molecular weight excluding hydrogens is 170 g/mol. The molecular formula is C9H15NO3. The Morgan fingerprint density at radius 1 is 1.62 bits per heavy atom. The highest BCUT2D eigenvalue weighted by Crippen LogP contribution is 1.90. The Morgan fingerprint density at radius 2 is 2.31 bits per heavy atom. The van der Waals surface area contributed by atoms with Crippen LogP contribution in [0.3, 0.4) is 0 Å². The molecule has 0 bridgehead atoms. The third-order valence-electron chi connectivity index (χ3n) is 1.20. The van der Waals surface area contributed by atoms with E-state index in [4.69, 9.17) is 15.2 Å². The van der Waals surface area contributed by atoms with Crippen molar-refractivity contribution >= 4 is 5.97 Å². The summed E-state index contributed by atoms with van der Waals surface area (Å²) in [7, 11) is 1.55. The van der Waals surface area contributed by atoms with E-state index in [2.05, 4.69) is 11.8 Å². The maximum Gasteiger partial charge on any atom is 0.308 e. The van der Waals surface area contributed by atoms with Gasteiger partial charge in [0.1, 0.15) is 6.61 Å². The van der Waals surface area contributed by atoms with E-state index in [-0.39, 0.29) is 12.4 Å². The predicted octanol–water partition coefficient (Wildman–Crippen LogP) is -0.0833.